The maximum absolute atomic E-state index is 12.4. The predicted molar refractivity (Wildman–Crippen MR) is 99.9 cm³/mol. The van der Waals surface area contributed by atoms with Gasteiger partial charge in [-0.2, -0.15) is 0 Å². The average Bonchev–Trinajstić information content (AvgIpc) is 3.00. The number of aromatic nitrogens is 1. The molecule has 0 aliphatic rings. The zero-order chi connectivity index (χ0) is 18.0. The Bertz CT molecular complexity index is 934. The molecule has 0 aliphatic heterocycles. The molecule has 0 atom stereocenters. The lowest BCUT2D eigenvalue weighted by Gasteiger charge is -2.10. The molecule has 0 saturated carbocycles. The summed E-state index contributed by atoms with van der Waals surface area (Å²) in [7, 11) is 3.21. The molecule has 0 radical (unpaired) electrons. The number of nitrogens with zero attached hydrogens (tertiary/aromatic N) is 1. The third-order valence-electron chi connectivity index (χ3n) is 4.05. The van der Waals surface area contributed by atoms with Crippen molar-refractivity contribution in [3.05, 3.63) is 53.2 Å². The number of carbonyl (C=O) groups excluding carboxylic acids is 1. The van der Waals surface area contributed by atoms with Crippen molar-refractivity contribution in [3.8, 4) is 11.5 Å². The number of ether oxygens (including phenoxy) is 2. The Morgan fingerprint density at radius 1 is 1.16 bits per heavy atom. The number of rotatable bonds is 5. The molecule has 0 aliphatic carbocycles. The fourth-order valence-corrected chi connectivity index (χ4v) is 2.87. The zero-order valence-electron chi connectivity index (χ0n) is 14.3. The number of aryl methyl sites for hydroxylation is 1. The molecular weight excluding hydrogens is 340 g/mol. The molecule has 3 aromatic rings. The first-order valence-electron chi connectivity index (χ1n) is 7.78. The van der Waals surface area contributed by atoms with Crippen LogP contribution in [0, 0.1) is 6.92 Å². The lowest BCUT2D eigenvalue weighted by molar-refractivity contribution is -0.116. The van der Waals surface area contributed by atoms with Gasteiger partial charge in [-0.1, -0.05) is 17.7 Å². The van der Waals surface area contributed by atoms with Crippen molar-refractivity contribution in [2.45, 2.75) is 13.5 Å². The molecule has 0 spiro atoms. The maximum Gasteiger partial charge on any atom is 0.244 e. The second kappa shape index (κ2) is 7.07. The summed E-state index contributed by atoms with van der Waals surface area (Å²) in [6.07, 6.45) is 1.86. The molecule has 5 nitrogen and oxygen atoms in total. The van der Waals surface area contributed by atoms with E-state index in [1.54, 1.807) is 20.3 Å². The molecule has 1 amide bonds. The smallest absolute Gasteiger partial charge is 0.244 e. The number of nitrogens with one attached hydrogen (secondary N) is 1. The van der Waals surface area contributed by atoms with Crippen LogP contribution in [0.25, 0.3) is 10.9 Å². The Hall–Kier alpha value is -2.66. The van der Waals surface area contributed by atoms with Crippen LogP contribution in [-0.2, 0) is 11.3 Å². The van der Waals surface area contributed by atoms with E-state index in [-0.39, 0.29) is 12.5 Å². The molecule has 1 heterocycles. The predicted octanol–water partition coefficient (Wildman–Crippen LogP) is 4.26. The molecule has 0 bridgehead atoms. The van der Waals surface area contributed by atoms with Crippen molar-refractivity contribution in [2.24, 2.45) is 0 Å². The summed E-state index contributed by atoms with van der Waals surface area (Å²) >= 11 is 6.10. The fourth-order valence-electron chi connectivity index (χ4n) is 2.69. The van der Waals surface area contributed by atoms with Crippen LogP contribution in [0.1, 0.15) is 5.56 Å². The topological polar surface area (TPSA) is 52.5 Å². The van der Waals surface area contributed by atoms with E-state index in [1.165, 1.54) is 0 Å². The quantitative estimate of drug-likeness (QED) is 0.741. The van der Waals surface area contributed by atoms with Crippen LogP contribution >= 0.6 is 11.6 Å². The van der Waals surface area contributed by atoms with Gasteiger partial charge in [0.1, 0.15) is 18.0 Å². The third-order valence-corrected chi connectivity index (χ3v) is 4.46. The van der Waals surface area contributed by atoms with E-state index in [0.717, 1.165) is 16.5 Å². The SMILES string of the molecule is COc1cc(OC)c2ccn(CC(=O)Nc3ccc(C)c(Cl)c3)c2c1. The summed E-state index contributed by atoms with van der Waals surface area (Å²) in [6.45, 7) is 2.09. The highest BCUT2D eigenvalue weighted by atomic mass is 35.5. The zero-order valence-corrected chi connectivity index (χ0v) is 15.1. The molecule has 0 unspecified atom stereocenters. The molecule has 0 fully saturated rings. The van der Waals surface area contributed by atoms with Gasteiger partial charge in [-0.25, -0.2) is 0 Å². The van der Waals surface area contributed by atoms with E-state index in [9.17, 15) is 4.79 Å². The van der Waals surface area contributed by atoms with Gasteiger partial charge in [0.05, 0.1) is 19.7 Å². The van der Waals surface area contributed by atoms with Gasteiger partial charge in [-0.15, -0.1) is 0 Å². The van der Waals surface area contributed by atoms with E-state index in [0.29, 0.717) is 22.2 Å². The third kappa shape index (κ3) is 3.56. The number of anilines is 1. The molecule has 0 saturated heterocycles. The largest absolute Gasteiger partial charge is 0.497 e. The number of hydrogen-bond donors (Lipinski definition) is 1. The number of amides is 1. The molecule has 6 heteroatoms. The highest BCUT2D eigenvalue weighted by Gasteiger charge is 2.12. The summed E-state index contributed by atoms with van der Waals surface area (Å²) in [5.41, 5.74) is 2.51. The Kier molecular flexibility index (Phi) is 4.86. The average molecular weight is 359 g/mol. The van der Waals surface area contributed by atoms with Gasteiger partial charge in [0.15, 0.2) is 0 Å². The minimum absolute atomic E-state index is 0.140. The van der Waals surface area contributed by atoms with E-state index < -0.39 is 0 Å². The van der Waals surface area contributed by atoms with Gasteiger partial charge in [-0.3, -0.25) is 4.79 Å². The van der Waals surface area contributed by atoms with Crippen molar-refractivity contribution in [1.82, 2.24) is 4.57 Å². The lowest BCUT2D eigenvalue weighted by Crippen LogP contribution is -2.18. The summed E-state index contributed by atoms with van der Waals surface area (Å²) in [5, 5.41) is 4.41. The maximum atomic E-state index is 12.4. The molecule has 2 aromatic carbocycles. The summed E-state index contributed by atoms with van der Waals surface area (Å²) in [5.74, 6) is 1.24. The molecule has 3 rings (SSSR count). The molecule has 1 N–H and O–H groups in total. The first-order valence-corrected chi connectivity index (χ1v) is 8.16. The van der Waals surface area contributed by atoms with Crippen molar-refractivity contribution in [3.63, 3.8) is 0 Å². The number of carbonyl (C=O) groups is 1. The molecule has 25 heavy (non-hydrogen) atoms. The number of benzene rings is 2. The first kappa shape index (κ1) is 17.2. The van der Waals surface area contributed by atoms with E-state index >= 15 is 0 Å². The van der Waals surface area contributed by atoms with Crippen molar-refractivity contribution in [1.29, 1.82) is 0 Å². The van der Waals surface area contributed by atoms with Gasteiger partial charge in [0.2, 0.25) is 5.91 Å². The van der Waals surface area contributed by atoms with Crippen LogP contribution in [0.15, 0.2) is 42.6 Å². The highest BCUT2D eigenvalue weighted by Crippen LogP contribution is 2.32. The van der Waals surface area contributed by atoms with E-state index in [1.807, 2.05) is 48.0 Å². The number of halogens is 1. The van der Waals surface area contributed by atoms with Crippen LogP contribution in [-0.4, -0.2) is 24.7 Å². The van der Waals surface area contributed by atoms with Gasteiger partial charge in [0, 0.05) is 34.4 Å². The standard InChI is InChI=1S/C19H19ClN2O3/c1-12-4-5-13(8-16(12)20)21-19(23)11-22-7-6-15-17(22)9-14(24-2)10-18(15)25-3/h4-10H,11H2,1-3H3,(H,21,23). The molecule has 1 aromatic heterocycles. The monoisotopic (exact) mass is 358 g/mol. The summed E-state index contributed by atoms with van der Waals surface area (Å²) in [6, 6.07) is 11.1. The minimum atomic E-state index is -0.140. The Morgan fingerprint density at radius 2 is 1.96 bits per heavy atom. The van der Waals surface area contributed by atoms with E-state index in [4.69, 9.17) is 21.1 Å². The van der Waals surface area contributed by atoms with Gasteiger partial charge in [-0.05, 0) is 30.7 Å². The second-order valence-corrected chi connectivity index (χ2v) is 6.13. The van der Waals surface area contributed by atoms with Crippen LogP contribution in [0.3, 0.4) is 0 Å². The van der Waals surface area contributed by atoms with Crippen molar-refractivity contribution in [2.75, 3.05) is 19.5 Å². The van der Waals surface area contributed by atoms with Gasteiger partial charge in [0.25, 0.3) is 0 Å². The Labute approximate surface area is 151 Å². The number of fused-ring (bicyclic) bond motifs is 1. The normalized spacial score (nSPS) is 10.7. The van der Waals surface area contributed by atoms with Gasteiger partial charge < -0.3 is 19.4 Å². The fraction of sp³-hybridized carbons (Fsp3) is 0.211. The first-order chi connectivity index (χ1) is 12.0. The van der Waals surface area contributed by atoms with Crippen LogP contribution < -0.4 is 14.8 Å². The van der Waals surface area contributed by atoms with Crippen molar-refractivity contribution < 1.29 is 14.3 Å². The summed E-state index contributed by atoms with van der Waals surface area (Å²) < 4.78 is 12.6. The van der Waals surface area contributed by atoms with E-state index in [2.05, 4.69) is 5.32 Å². The van der Waals surface area contributed by atoms with Crippen LogP contribution in [0.5, 0.6) is 11.5 Å². The Balaban J connectivity index is 1.84. The number of hydrogen-bond acceptors (Lipinski definition) is 3. The van der Waals surface area contributed by atoms with Gasteiger partial charge >= 0.3 is 0 Å². The second-order valence-electron chi connectivity index (χ2n) is 5.72. The highest BCUT2D eigenvalue weighted by molar-refractivity contribution is 6.31. The summed E-state index contributed by atoms with van der Waals surface area (Å²) in [4.78, 5) is 12.4. The van der Waals surface area contributed by atoms with Crippen LogP contribution in [0.2, 0.25) is 5.02 Å². The Morgan fingerprint density at radius 3 is 2.64 bits per heavy atom. The van der Waals surface area contributed by atoms with Crippen LogP contribution in [0.4, 0.5) is 5.69 Å². The molecular formula is C19H19ClN2O3. The molecule has 130 valence electrons. The number of methoxy groups -OCH3 is 2. The van der Waals surface area contributed by atoms with Crippen molar-refractivity contribution >= 4 is 34.1 Å². The minimum Gasteiger partial charge on any atom is -0.497 e. The lowest BCUT2D eigenvalue weighted by atomic mass is 10.2.